The molecule has 11 aromatic carbocycles. The van der Waals surface area contributed by atoms with Crippen LogP contribution in [0.2, 0.25) is 0 Å². The SMILES string of the molecule is O=C(c1ccc(C(=O)c2cc(-c3ccccc3)c(-c3ccccc3)c(-c3ccccc3)c2-c2ccccc2)cc1)c1cc(-c2ccccc2)c(-c2ccccc2)c(-c2ccccc2)c1-c1ccccc1. The van der Waals surface area contributed by atoms with Crippen LogP contribution in [0.3, 0.4) is 0 Å². The molecule has 0 fully saturated rings. The molecular weight excluding hydrogens is 849 g/mol. The third kappa shape index (κ3) is 8.40. The number of carbonyl (C=O) groups excluding carboxylic acids is 2. The first-order valence-electron chi connectivity index (χ1n) is 23.7. The van der Waals surface area contributed by atoms with E-state index in [1.165, 1.54) is 0 Å². The fraction of sp³-hybridized carbons (Fsp3) is 0. The third-order valence-electron chi connectivity index (χ3n) is 13.1. The van der Waals surface area contributed by atoms with Crippen LogP contribution >= 0.6 is 0 Å². The van der Waals surface area contributed by atoms with Gasteiger partial charge < -0.3 is 0 Å². The zero-order valence-electron chi connectivity index (χ0n) is 38.4. The second kappa shape index (κ2) is 19.5. The van der Waals surface area contributed by atoms with E-state index in [1.54, 1.807) is 0 Å². The first-order valence-corrected chi connectivity index (χ1v) is 23.7. The van der Waals surface area contributed by atoms with Crippen molar-refractivity contribution in [3.05, 3.63) is 301 Å². The van der Waals surface area contributed by atoms with Crippen molar-refractivity contribution in [3.8, 4) is 89.0 Å². The molecule has 0 amide bonds. The van der Waals surface area contributed by atoms with Gasteiger partial charge in [-0.25, -0.2) is 0 Å². The van der Waals surface area contributed by atoms with Crippen molar-refractivity contribution in [2.24, 2.45) is 0 Å². The highest BCUT2D eigenvalue weighted by molar-refractivity contribution is 6.20. The van der Waals surface area contributed by atoms with Gasteiger partial charge in [-0.2, -0.15) is 0 Å². The number of carbonyl (C=O) groups is 2. The van der Waals surface area contributed by atoms with Crippen LogP contribution in [0.15, 0.2) is 279 Å². The Hall–Kier alpha value is -9.24. The predicted molar refractivity (Wildman–Crippen MR) is 290 cm³/mol. The molecule has 2 heteroatoms. The standard InChI is InChI=1S/C68H46O2/c69-67(59-45-57(47-25-9-1-10-26-47)61(49-29-13-3-14-30-49)65(53-37-21-7-22-38-53)63(59)51-33-17-5-18-34-51)55-41-43-56(44-42-55)68(70)60-46-58(48-27-11-2-12-28-48)62(50-31-15-4-16-32-50)66(54-39-23-8-24-40-54)64(60)52-35-19-6-20-36-52/h1-46H. The number of hydrogen-bond donors (Lipinski definition) is 0. The molecule has 330 valence electrons. The molecule has 70 heavy (non-hydrogen) atoms. The molecule has 0 aliphatic heterocycles. The van der Waals surface area contributed by atoms with Crippen LogP contribution in [0.25, 0.3) is 89.0 Å². The van der Waals surface area contributed by atoms with Gasteiger partial charge in [0.25, 0.3) is 0 Å². The van der Waals surface area contributed by atoms with E-state index in [9.17, 15) is 0 Å². The Morgan fingerprint density at radius 3 is 0.643 bits per heavy atom. The summed E-state index contributed by atoms with van der Waals surface area (Å²) in [5.74, 6) is -0.275. The minimum atomic E-state index is -0.137. The van der Waals surface area contributed by atoms with E-state index in [2.05, 4.69) is 158 Å². The maximum absolute atomic E-state index is 15.5. The highest BCUT2D eigenvalue weighted by Gasteiger charge is 2.29. The van der Waals surface area contributed by atoms with Crippen LogP contribution < -0.4 is 0 Å². The summed E-state index contributed by atoms with van der Waals surface area (Å²) < 4.78 is 0. The minimum absolute atomic E-state index is 0.137. The van der Waals surface area contributed by atoms with Crippen LogP contribution in [-0.2, 0) is 0 Å². The van der Waals surface area contributed by atoms with Crippen molar-refractivity contribution in [1.29, 1.82) is 0 Å². The van der Waals surface area contributed by atoms with Gasteiger partial charge in [-0.1, -0.05) is 267 Å². The summed E-state index contributed by atoms with van der Waals surface area (Å²) in [5.41, 5.74) is 17.8. The molecule has 0 aromatic heterocycles. The van der Waals surface area contributed by atoms with Gasteiger partial charge in [0.05, 0.1) is 0 Å². The zero-order chi connectivity index (χ0) is 47.2. The largest absolute Gasteiger partial charge is 0.289 e. The fourth-order valence-corrected chi connectivity index (χ4v) is 9.90. The summed E-state index contributed by atoms with van der Waals surface area (Å²) in [7, 11) is 0. The van der Waals surface area contributed by atoms with E-state index in [0.717, 1.165) is 89.0 Å². The molecular formula is C68H46O2. The maximum Gasteiger partial charge on any atom is 0.193 e. The van der Waals surface area contributed by atoms with Gasteiger partial charge in [0.15, 0.2) is 11.6 Å². The Kier molecular flexibility index (Phi) is 12.1. The van der Waals surface area contributed by atoms with Gasteiger partial charge in [0.1, 0.15) is 0 Å². The Balaban J connectivity index is 1.11. The lowest BCUT2D eigenvalue weighted by molar-refractivity contribution is 0.102. The summed E-state index contributed by atoms with van der Waals surface area (Å²) in [6.07, 6.45) is 0. The van der Waals surface area contributed by atoms with Gasteiger partial charge in [-0.15, -0.1) is 0 Å². The van der Waals surface area contributed by atoms with Gasteiger partial charge in [0.2, 0.25) is 0 Å². The summed E-state index contributed by atoms with van der Waals surface area (Å²) >= 11 is 0. The molecule has 0 bridgehead atoms. The molecule has 0 radical (unpaired) electrons. The molecule has 11 rings (SSSR count). The number of rotatable bonds is 12. The Bertz CT molecular complexity index is 3350. The lowest BCUT2D eigenvalue weighted by atomic mass is 9.78. The molecule has 11 aromatic rings. The Morgan fingerprint density at radius 2 is 0.400 bits per heavy atom. The molecule has 0 N–H and O–H groups in total. The van der Waals surface area contributed by atoms with Crippen molar-refractivity contribution >= 4 is 11.6 Å². The van der Waals surface area contributed by atoms with Gasteiger partial charge in [0, 0.05) is 33.4 Å². The van der Waals surface area contributed by atoms with E-state index in [0.29, 0.717) is 22.3 Å². The highest BCUT2D eigenvalue weighted by Crippen LogP contribution is 2.50. The molecule has 0 heterocycles. The van der Waals surface area contributed by atoms with Crippen LogP contribution in [0, 0.1) is 0 Å². The topological polar surface area (TPSA) is 34.1 Å². The van der Waals surface area contributed by atoms with Crippen molar-refractivity contribution in [1.82, 2.24) is 0 Å². The average Bonchev–Trinajstić information content (AvgIpc) is 3.45. The minimum Gasteiger partial charge on any atom is -0.289 e. The second-order valence-corrected chi connectivity index (χ2v) is 17.4. The molecule has 0 saturated carbocycles. The van der Waals surface area contributed by atoms with Gasteiger partial charge in [-0.05, 0) is 90.0 Å². The van der Waals surface area contributed by atoms with Crippen LogP contribution in [-0.4, -0.2) is 11.6 Å². The quantitative estimate of drug-likeness (QED) is 0.115. The van der Waals surface area contributed by atoms with E-state index in [1.807, 2.05) is 121 Å². The van der Waals surface area contributed by atoms with E-state index < -0.39 is 0 Å². The summed E-state index contributed by atoms with van der Waals surface area (Å²) in [4.78, 5) is 31.1. The van der Waals surface area contributed by atoms with Gasteiger partial charge in [-0.3, -0.25) is 9.59 Å². The highest BCUT2D eigenvalue weighted by atomic mass is 16.1. The molecule has 2 nitrogen and oxygen atoms in total. The first kappa shape index (κ1) is 43.3. The number of hydrogen-bond acceptors (Lipinski definition) is 2. The van der Waals surface area contributed by atoms with Crippen molar-refractivity contribution in [2.75, 3.05) is 0 Å². The van der Waals surface area contributed by atoms with Crippen molar-refractivity contribution < 1.29 is 9.59 Å². The summed E-state index contributed by atoms with van der Waals surface area (Å²) in [6.45, 7) is 0. The number of benzene rings is 11. The molecule has 0 aliphatic carbocycles. The first-order chi connectivity index (χ1) is 34.6. The molecule has 0 spiro atoms. The van der Waals surface area contributed by atoms with E-state index in [4.69, 9.17) is 0 Å². The van der Waals surface area contributed by atoms with Crippen molar-refractivity contribution in [2.45, 2.75) is 0 Å². The Morgan fingerprint density at radius 1 is 0.200 bits per heavy atom. The molecule has 0 atom stereocenters. The lowest BCUT2D eigenvalue weighted by Gasteiger charge is -2.24. The Labute approximate surface area is 409 Å². The monoisotopic (exact) mass is 894 g/mol. The number of ketones is 2. The second-order valence-electron chi connectivity index (χ2n) is 17.4. The predicted octanol–water partition coefficient (Wildman–Crippen LogP) is 17.5. The van der Waals surface area contributed by atoms with Crippen LogP contribution in [0.1, 0.15) is 31.8 Å². The smallest absolute Gasteiger partial charge is 0.193 e. The maximum atomic E-state index is 15.5. The van der Waals surface area contributed by atoms with Crippen LogP contribution in [0.4, 0.5) is 0 Å². The third-order valence-corrected chi connectivity index (χ3v) is 13.1. The van der Waals surface area contributed by atoms with Gasteiger partial charge >= 0.3 is 0 Å². The van der Waals surface area contributed by atoms with Crippen LogP contribution in [0.5, 0.6) is 0 Å². The van der Waals surface area contributed by atoms with E-state index in [-0.39, 0.29) is 11.6 Å². The van der Waals surface area contributed by atoms with Crippen molar-refractivity contribution in [3.63, 3.8) is 0 Å². The van der Waals surface area contributed by atoms with E-state index >= 15 is 9.59 Å². The normalized spacial score (nSPS) is 11.0. The average molecular weight is 895 g/mol. The molecule has 0 saturated heterocycles. The summed E-state index contributed by atoms with van der Waals surface area (Å²) in [5, 5.41) is 0. The lowest BCUT2D eigenvalue weighted by Crippen LogP contribution is -2.09. The molecule has 0 unspecified atom stereocenters. The zero-order valence-corrected chi connectivity index (χ0v) is 38.4. The summed E-state index contributed by atoms with van der Waals surface area (Å²) in [6, 6.07) is 94.1. The molecule has 0 aliphatic rings. The fourth-order valence-electron chi connectivity index (χ4n) is 9.90.